The van der Waals surface area contributed by atoms with Gasteiger partial charge in [-0.2, -0.15) is 23.1 Å². The highest BCUT2D eigenvalue weighted by Crippen LogP contribution is 2.46. The molecule has 2 aromatic carbocycles. The van der Waals surface area contributed by atoms with E-state index in [2.05, 4.69) is 41.0 Å². The van der Waals surface area contributed by atoms with Gasteiger partial charge in [0.05, 0.1) is 22.4 Å². The molecule has 4 aromatic rings. The summed E-state index contributed by atoms with van der Waals surface area (Å²) in [7, 11) is 1.93. The molecule has 13 heteroatoms. The number of aromatic nitrogens is 3. The van der Waals surface area contributed by atoms with Crippen LogP contribution in [0.15, 0.2) is 18.2 Å². The molecule has 1 saturated heterocycles. The lowest BCUT2D eigenvalue weighted by molar-refractivity contribution is -0.137. The average Bonchev–Trinajstić information content (AvgIpc) is 3.60. The maximum absolute atomic E-state index is 16.1. The molecule has 5 rings (SSSR count). The Balaban J connectivity index is 0.000000598. The molecule has 3 N–H and O–H groups in total. The first-order chi connectivity index (χ1) is 19.5. The Morgan fingerprint density at radius 3 is 2.22 bits per heavy atom. The number of alkyl halides is 3. The number of nitrogens with one attached hydrogen (secondary N) is 1. The molecule has 7 nitrogen and oxygen atoms in total. The molecule has 2 aromatic heterocycles. The standard InChI is InChI=1S/C22H18F5N5OS.C3H9N.C3H8/c1-2-33-21-30-16-11(19(31-21)32-7-3-4-8-32)9-12(22(25,26)27)14(15(16)24)10-5-6-13(23)18-17(10)29-20(28)34-18;1-3-4-2;1-3-2/h5-6,9H,2-4,7-8H2,1H3,(H2,28,29);4H,3H2,1-2H3;3H2,1-2H3. The van der Waals surface area contributed by atoms with E-state index < -0.39 is 28.9 Å². The Labute approximate surface area is 239 Å². The van der Waals surface area contributed by atoms with Crippen molar-refractivity contribution in [2.75, 3.05) is 43.9 Å². The monoisotopic (exact) mass is 598 g/mol. The molecule has 0 unspecified atom stereocenters. The predicted molar refractivity (Wildman–Crippen MR) is 156 cm³/mol. The molecule has 0 spiro atoms. The lowest BCUT2D eigenvalue weighted by atomic mass is 9.95. The second-order valence-electron chi connectivity index (χ2n) is 9.20. The van der Waals surface area contributed by atoms with E-state index in [4.69, 9.17) is 10.5 Å². The van der Waals surface area contributed by atoms with E-state index in [1.165, 1.54) is 6.42 Å². The molecule has 41 heavy (non-hydrogen) atoms. The molecule has 224 valence electrons. The first-order valence-electron chi connectivity index (χ1n) is 13.5. The number of nitrogen functional groups attached to an aromatic ring is 1. The van der Waals surface area contributed by atoms with Crippen molar-refractivity contribution in [2.45, 2.75) is 53.1 Å². The van der Waals surface area contributed by atoms with E-state index in [-0.39, 0.29) is 50.2 Å². The topological polar surface area (TPSA) is 89.2 Å². The Kier molecular flexibility index (Phi) is 11.0. The molecule has 0 saturated carbocycles. The molecular weight excluding hydrogens is 563 g/mol. The maximum atomic E-state index is 16.1. The van der Waals surface area contributed by atoms with Gasteiger partial charge in [0.25, 0.3) is 0 Å². The van der Waals surface area contributed by atoms with Gasteiger partial charge < -0.3 is 20.7 Å². The summed E-state index contributed by atoms with van der Waals surface area (Å²) < 4.78 is 78.5. The summed E-state index contributed by atoms with van der Waals surface area (Å²) in [6.45, 7) is 10.4. The number of hydrogen-bond acceptors (Lipinski definition) is 8. The molecule has 0 bridgehead atoms. The van der Waals surface area contributed by atoms with Gasteiger partial charge in [0.15, 0.2) is 10.9 Å². The van der Waals surface area contributed by atoms with Crippen LogP contribution in [0.1, 0.15) is 52.5 Å². The Bertz CT molecular complexity index is 1470. The van der Waals surface area contributed by atoms with Crippen LogP contribution in [0.4, 0.5) is 32.9 Å². The van der Waals surface area contributed by atoms with Crippen molar-refractivity contribution in [3.8, 4) is 17.1 Å². The number of anilines is 2. The summed E-state index contributed by atoms with van der Waals surface area (Å²) in [5, 5.41) is 2.81. The molecule has 1 aliphatic heterocycles. The van der Waals surface area contributed by atoms with E-state index in [1.807, 2.05) is 7.05 Å². The number of rotatable bonds is 5. The highest BCUT2D eigenvalue weighted by Gasteiger charge is 2.38. The highest BCUT2D eigenvalue weighted by atomic mass is 32.1. The van der Waals surface area contributed by atoms with E-state index in [1.54, 1.807) is 11.8 Å². The van der Waals surface area contributed by atoms with Gasteiger partial charge in [-0.1, -0.05) is 38.5 Å². The summed E-state index contributed by atoms with van der Waals surface area (Å²) >= 11 is 0.774. The maximum Gasteiger partial charge on any atom is 0.417 e. The molecule has 0 aliphatic carbocycles. The molecule has 1 aliphatic rings. The van der Waals surface area contributed by atoms with Gasteiger partial charge in [0.1, 0.15) is 17.2 Å². The first-order valence-corrected chi connectivity index (χ1v) is 14.3. The highest BCUT2D eigenvalue weighted by molar-refractivity contribution is 7.22. The number of hydrogen-bond donors (Lipinski definition) is 2. The van der Waals surface area contributed by atoms with Crippen LogP contribution in [-0.2, 0) is 6.18 Å². The van der Waals surface area contributed by atoms with Gasteiger partial charge in [0, 0.05) is 29.6 Å². The van der Waals surface area contributed by atoms with Crippen LogP contribution in [0.5, 0.6) is 6.01 Å². The number of ether oxygens (including phenoxy) is 1. The normalized spacial score (nSPS) is 13.2. The number of nitrogens with zero attached hydrogens (tertiary/aromatic N) is 4. The lowest BCUT2D eigenvalue weighted by Gasteiger charge is -2.22. The quantitative estimate of drug-likeness (QED) is 0.231. The minimum Gasteiger partial charge on any atom is -0.464 e. The second kappa shape index (κ2) is 14.0. The van der Waals surface area contributed by atoms with E-state index >= 15 is 4.39 Å². The summed E-state index contributed by atoms with van der Waals surface area (Å²) in [5.74, 6) is -1.74. The Morgan fingerprint density at radius 1 is 1.02 bits per heavy atom. The van der Waals surface area contributed by atoms with Gasteiger partial charge >= 0.3 is 12.2 Å². The smallest absolute Gasteiger partial charge is 0.417 e. The molecule has 0 radical (unpaired) electrons. The van der Waals surface area contributed by atoms with Crippen LogP contribution in [0.2, 0.25) is 0 Å². The van der Waals surface area contributed by atoms with E-state index in [0.717, 1.165) is 48.9 Å². The molecule has 0 amide bonds. The van der Waals surface area contributed by atoms with Gasteiger partial charge in [-0.25, -0.2) is 13.8 Å². The average molecular weight is 599 g/mol. The van der Waals surface area contributed by atoms with Crippen molar-refractivity contribution in [3.63, 3.8) is 0 Å². The van der Waals surface area contributed by atoms with Crippen LogP contribution >= 0.6 is 11.3 Å². The summed E-state index contributed by atoms with van der Waals surface area (Å²) in [5.41, 5.74) is 2.99. The Morgan fingerprint density at radius 2 is 1.66 bits per heavy atom. The van der Waals surface area contributed by atoms with E-state index in [9.17, 15) is 17.6 Å². The summed E-state index contributed by atoms with van der Waals surface area (Å²) in [6, 6.07) is 2.76. The number of benzene rings is 2. The third-order valence-electron chi connectivity index (χ3n) is 6.01. The van der Waals surface area contributed by atoms with Gasteiger partial charge in [-0.15, -0.1) is 0 Å². The van der Waals surface area contributed by atoms with E-state index in [0.29, 0.717) is 13.1 Å². The minimum absolute atomic E-state index is 0.0478. The second-order valence-corrected chi connectivity index (χ2v) is 10.2. The van der Waals surface area contributed by atoms with Crippen molar-refractivity contribution >= 4 is 43.4 Å². The molecule has 1 fully saturated rings. The summed E-state index contributed by atoms with van der Waals surface area (Å²) in [4.78, 5) is 14.1. The van der Waals surface area contributed by atoms with Crippen molar-refractivity contribution in [1.29, 1.82) is 0 Å². The lowest BCUT2D eigenvalue weighted by Crippen LogP contribution is -2.21. The van der Waals surface area contributed by atoms with Crippen LogP contribution in [-0.4, -0.2) is 48.2 Å². The number of halogens is 5. The Hall–Kier alpha value is -3.32. The number of fused-ring (bicyclic) bond motifs is 2. The van der Waals surface area contributed by atoms with Gasteiger partial charge in [0.2, 0.25) is 0 Å². The fourth-order valence-corrected chi connectivity index (χ4v) is 5.00. The van der Waals surface area contributed by atoms with Crippen LogP contribution in [0, 0.1) is 11.6 Å². The first kappa shape index (κ1) is 32.2. The zero-order valence-electron chi connectivity index (χ0n) is 23.8. The minimum atomic E-state index is -4.92. The predicted octanol–water partition coefficient (Wildman–Crippen LogP) is 7.43. The number of nitrogens with two attached hydrogens (primary N) is 1. The third-order valence-corrected chi connectivity index (χ3v) is 6.90. The van der Waals surface area contributed by atoms with Gasteiger partial charge in [-0.05, 0) is 51.6 Å². The SMILES string of the molecule is CCC.CCNC.CCOc1nc(N2CCCC2)c2cc(C(F)(F)F)c(-c3ccc(F)c4sc(N)nc34)c(F)c2n1. The zero-order chi connectivity index (χ0) is 30.3. The van der Waals surface area contributed by atoms with Gasteiger partial charge in [-0.3, -0.25) is 0 Å². The molecular formula is C28H35F5N6OS. The fraction of sp³-hybridized carbons (Fsp3) is 0.464. The summed E-state index contributed by atoms with van der Waals surface area (Å²) in [6.07, 6.45) is -2.00. The van der Waals surface area contributed by atoms with Crippen LogP contribution in [0.3, 0.4) is 0 Å². The van der Waals surface area contributed by atoms with Crippen molar-refractivity contribution in [3.05, 3.63) is 35.4 Å². The molecule has 3 heterocycles. The van der Waals surface area contributed by atoms with Crippen LogP contribution in [0.25, 0.3) is 32.2 Å². The van der Waals surface area contributed by atoms with Crippen molar-refractivity contribution in [2.24, 2.45) is 0 Å². The van der Waals surface area contributed by atoms with Crippen molar-refractivity contribution in [1.82, 2.24) is 20.3 Å². The molecule has 0 atom stereocenters. The fourth-order valence-electron chi connectivity index (χ4n) is 4.24. The number of thiazole rings is 1. The third kappa shape index (κ3) is 7.13. The van der Waals surface area contributed by atoms with Crippen LogP contribution < -0.4 is 20.7 Å². The largest absolute Gasteiger partial charge is 0.464 e. The van der Waals surface area contributed by atoms with Crippen molar-refractivity contribution < 1.29 is 26.7 Å². The zero-order valence-corrected chi connectivity index (χ0v) is 24.6.